The van der Waals surface area contributed by atoms with Crippen molar-refractivity contribution in [3.05, 3.63) is 0 Å². The molecule has 0 heterocycles. The summed E-state index contributed by atoms with van der Waals surface area (Å²) in [6, 6.07) is 0. The largest absolute Gasteiger partial charge is 0.481 e. The number of rotatable bonds is 12. The van der Waals surface area contributed by atoms with Crippen molar-refractivity contribution < 1.29 is 38.9 Å². The number of carboxylic acid groups (broad SMARTS) is 2. The summed E-state index contributed by atoms with van der Waals surface area (Å²) in [5.41, 5.74) is -3.12. The summed E-state index contributed by atoms with van der Waals surface area (Å²) in [5.74, 6) is -3.14. The lowest BCUT2D eigenvalue weighted by Crippen LogP contribution is -2.43. The first-order valence-corrected chi connectivity index (χ1v) is 9.91. The lowest BCUT2D eigenvalue weighted by atomic mass is 9.83. The Hall–Kier alpha value is -2.12. The van der Waals surface area contributed by atoms with E-state index in [1.54, 1.807) is 41.5 Å². The Morgan fingerprint density at radius 2 is 1.10 bits per heavy atom. The van der Waals surface area contributed by atoms with Gasteiger partial charge in [0.25, 0.3) is 0 Å². The molecule has 0 amide bonds. The van der Waals surface area contributed by atoms with Crippen molar-refractivity contribution in [3.8, 4) is 0 Å². The second kappa shape index (κ2) is 11.2. The van der Waals surface area contributed by atoms with E-state index in [1.807, 2.05) is 0 Å². The van der Waals surface area contributed by atoms with Gasteiger partial charge in [0.15, 0.2) is 0 Å². The number of carbonyl (C=O) groups is 4. The fourth-order valence-electron chi connectivity index (χ4n) is 2.35. The summed E-state index contributed by atoms with van der Waals surface area (Å²) in [6.45, 7) is 9.20. The smallest absolute Gasteiger partial charge is 0.316 e. The molecule has 0 aliphatic heterocycles. The molecule has 0 atom stereocenters. The number of carboxylic acids is 2. The van der Waals surface area contributed by atoms with Crippen LogP contribution in [0.5, 0.6) is 0 Å². The predicted molar refractivity (Wildman–Crippen MR) is 106 cm³/mol. The Balaban J connectivity index is 5.17. The minimum absolute atomic E-state index is 0.0659. The third kappa shape index (κ3) is 10.3. The van der Waals surface area contributed by atoms with Crippen molar-refractivity contribution in [2.24, 2.45) is 16.2 Å². The molecule has 29 heavy (non-hydrogen) atoms. The highest BCUT2D eigenvalue weighted by molar-refractivity contribution is 5.79. The lowest BCUT2D eigenvalue weighted by Gasteiger charge is -2.31. The zero-order valence-corrected chi connectivity index (χ0v) is 18.5. The van der Waals surface area contributed by atoms with Gasteiger partial charge < -0.3 is 19.7 Å². The molecule has 2 N–H and O–H groups in total. The van der Waals surface area contributed by atoms with Crippen LogP contribution in [0.15, 0.2) is 0 Å². The molecule has 0 radical (unpaired) electrons. The second-order valence-electron chi connectivity index (χ2n) is 9.55. The van der Waals surface area contributed by atoms with Crippen LogP contribution in [0.2, 0.25) is 0 Å². The van der Waals surface area contributed by atoms with Crippen LogP contribution in [0.25, 0.3) is 0 Å². The van der Waals surface area contributed by atoms with Gasteiger partial charge in [-0.05, 0) is 54.4 Å². The van der Waals surface area contributed by atoms with Crippen LogP contribution in [-0.2, 0) is 28.7 Å². The summed E-state index contributed by atoms with van der Waals surface area (Å²) in [7, 11) is 0. The topological polar surface area (TPSA) is 127 Å². The van der Waals surface area contributed by atoms with E-state index in [2.05, 4.69) is 0 Å². The van der Waals surface area contributed by atoms with Gasteiger partial charge in [0.2, 0.25) is 0 Å². The summed E-state index contributed by atoms with van der Waals surface area (Å²) >= 11 is 0. The molecule has 0 aliphatic carbocycles. The summed E-state index contributed by atoms with van der Waals surface area (Å²) in [4.78, 5) is 46.9. The van der Waals surface area contributed by atoms with Crippen molar-refractivity contribution in [1.29, 1.82) is 0 Å². The Morgan fingerprint density at radius 3 is 1.45 bits per heavy atom. The van der Waals surface area contributed by atoms with Crippen LogP contribution in [0.4, 0.5) is 0 Å². The van der Waals surface area contributed by atoms with Crippen molar-refractivity contribution in [2.75, 3.05) is 13.2 Å². The molecule has 0 saturated carbocycles. The molecule has 0 fully saturated rings. The predicted octanol–water partition coefficient (Wildman–Crippen LogP) is 3.66. The van der Waals surface area contributed by atoms with Gasteiger partial charge in [0, 0.05) is 6.42 Å². The number of hydrogen-bond acceptors (Lipinski definition) is 6. The zero-order chi connectivity index (χ0) is 22.9. The molecule has 0 saturated heterocycles. The van der Waals surface area contributed by atoms with E-state index in [0.29, 0.717) is 25.7 Å². The highest BCUT2D eigenvalue weighted by Gasteiger charge is 2.43. The third-order valence-electron chi connectivity index (χ3n) is 4.43. The number of ether oxygens (including phenoxy) is 2. The normalized spacial score (nSPS) is 12.3. The fourth-order valence-corrected chi connectivity index (χ4v) is 2.35. The van der Waals surface area contributed by atoms with Crippen LogP contribution >= 0.6 is 0 Å². The van der Waals surface area contributed by atoms with Gasteiger partial charge in [-0.3, -0.25) is 19.2 Å². The van der Waals surface area contributed by atoms with Crippen LogP contribution in [0.3, 0.4) is 0 Å². The van der Waals surface area contributed by atoms with Gasteiger partial charge in [0.05, 0.1) is 10.8 Å². The Morgan fingerprint density at radius 1 is 0.690 bits per heavy atom. The molecule has 0 aromatic carbocycles. The Kier molecular flexibility index (Phi) is 10.3. The van der Waals surface area contributed by atoms with Crippen LogP contribution in [-0.4, -0.2) is 47.3 Å². The molecule has 8 nitrogen and oxygen atoms in total. The van der Waals surface area contributed by atoms with Gasteiger partial charge >= 0.3 is 23.9 Å². The molecule has 0 bridgehead atoms. The standard InChI is InChI=1S/C21H36O8/c1-19(2,3)17(26)28-13-21(16(24)25,14-29-18(27)20(4,5)6)12-10-8-7-9-11-15(22)23/h7-14H2,1-6H3,(H,22,23)(H,24,25). The number of aliphatic carboxylic acids is 2. The average Bonchev–Trinajstić information content (AvgIpc) is 2.56. The van der Waals surface area contributed by atoms with E-state index < -0.39 is 53.3 Å². The fraction of sp³-hybridized carbons (Fsp3) is 0.810. The van der Waals surface area contributed by atoms with Crippen LogP contribution in [0, 0.1) is 16.2 Å². The highest BCUT2D eigenvalue weighted by atomic mass is 16.6. The number of hydrogen-bond donors (Lipinski definition) is 2. The first kappa shape index (κ1) is 26.9. The minimum atomic E-state index is -1.55. The van der Waals surface area contributed by atoms with Gasteiger partial charge in [-0.1, -0.05) is 19.3 Å². The van der Waals surface area contributed by atoms with E-state index in [-0.39, 0.29) is 12.8 Å². The molecule has 0 rings (SSSR count). The van der Waals surface area contributed by atoms with Crippen LogP contribution < -0.4 is 0 Å². The molecule has 0 aliphatic rings. The molecular weight excluding hydrogens is 380 g/mol. The first-order chi connectivity index (χ1) is 13.1. The van der Waals surface area contributed by atoms with Gasteiger partial charge in [-0.2, -0.15) is 0 Å². The zero-order valence-electron chi connectivity index (χ0n) is 18.5. The Labute approximate surface area is 172 Å². The summed E-state index contributed by atoms with van der Waals surface area (Å²) < 4.78 is 10.5. The summed E-state index contributed by atoms with van der Waals surface area (Å²) in [6.07, 6.45) is 2.47. The molecule has 168 valence electrons. The van der Waals surface area contributed by atoms with Gasteiger partial charge in [-0.15, -0.1) is 0 Å². The van der Waals surface area contributed by atoms with E-state index in [0.717, 1.165) is 0 Å². The second-order valence-corrected chi connectivity index (χ2v) is 9.55. The SMILES string of the molecule is CC(C)(C)C(=O)OCC(CCCCCCC(=O)O)(COC(=O)C(C)(C)C)C(=O)O. The maximum Gasteiger partial charge on any atom is 0.316 e. The van der Waals surface area contributed by atoms with E-state index in [1.165, 1.54) is 0 Å². The number of esters is 2. The molecular formula is C21H36O8. The third-order valence-corrected chi connectivity index (χ3v) is 4.43. The van der Waals surface area contributed by atoms with Gasteiger partial charge in [0.1, 0.15) is 18.6 Å². The highest BCUT2D eigenvalue weighted by Crippen LogP contribution is 2.30. The van der Waals surface area contributed by atoms with Crippen molar-refractivity contribution >= 4 is 23.9 Å². The quantitative estimate of drug-likeness (QED) is 0.364. The molecule has 0 unspecified atom stereocenters. The Bertz CT molecular complexity index is 550. The summed E-state index contributed by atoms with van der Waals surface area (Å²) in [5, 5.41) is 18.5. The minimum Gasteiger partial charge on any atom is -0.481 e. The number of unbranched alkanes of at least 4 members (excludes halogenated alkanes) is 3. The molecule has 8 heteroatoms. The van der Waals surface area contributed by atoms with E-state index in [9.17, 15) is 24.3 Å². The molecule has 0 aromatic rings. The van der Waals surface area contributed by atoms with Crippen molar-refractivity contribution in [3.63, 3.8) is 0 Å². The maximum atomic E-state index is 12.1. The van der Waals surface area contributed by atoms with Crippen LogP contribution in [0.1, 0.15) is 80.1 Å². The number of carbonyl (C=O) groups excluding carboxylic acids is 2. The first-order valence-electron chi connectivity index (χ1n) is 9.91. The van der Waals surface area contributed by atoms with Crippen molar-refractivity contribution in [2.45, 2.75) is 80.1 Å². The average molecular weight is 417 g/mol. The van der Waals surface area contributed by atoms with E-state index >= 15 is 0 Å². The van der Waals surface area contributed by atoms with Crippen molar-refractivity contribution in [1.82, 2.24) is 0 Å². The van der Waals surface area contributed by atoms with Gasteiger partial charge in [-0.25, -0.2) is 0 Å². The van der Waals surface area contributed by atoms with E-state index in [4.69, 9.17) is 14.6 Å². The molecule has 0 aromatic heterocycles. The lowest BCUT2D eigenvalue weighted by molar-refractivity contribution is -0.174. The molecule has 0 spiro atoms. The maximum absolute atomic E-state index is 12.1. The monoisotopic (exact) mass is 416 g/mol.